The lowest BCUT2D eigenvalue weighted by Gasteiger charge is -2.23. The third-order valence-electron chi connectivity index (χ3n) is 3.49. The van der Waals surface area contributed by atoms with Gasteiger partial charge in [0.15, 0.2) is 0 Å². The molecule has 1 aromatic carbocycles. The Morgan fingerprint density at radius 3 is 2.85 bits per heavy atom. The summed E-state index contributed by atoms with van der Waals surface area (Å²) in [5.41, 5.74) is 0.611. The summed E-state index contributed by atoms with van der Waals surface area (Å²) < 4.78 is 0. The molecule has 1 aliphatic rings. The van der Waals surface area contributed by atoms with E-state index >= 15 is 0 Å². The van der Waals surface area contributed by atoms with E-state index < -0.39 is 4.92 Å². The Balaban J connectivity index is 2.20. The lowest BCUT2D eigenvalue weighted by Crippen LogP contribution is -2.29. The van der Waals surface area contributed by atoms with Crippen molar-refractivity contribution in [2.45, 2.75) is 32.4 Å². The molecule has 6 nitrogen and oxygen atoms in total. The van der Waals surface area contributed by atoms with Gasteiger partial charge in [-0.15, -0.1) is 0 Å². The van der Waals surface area contributed by atoms with Gasteiger partial charge in [-0.2, -0.15) is 0 Å². The molecule has 1 heterocycles. The largest absolute Gasteiger partial charge is 0.335 e. The molecule has 1 N–H and O–H groups in total. The first-order valence-corrected chi connectivity index (χ1v) is 6.90. The Hall–Kier alpha value is -1.95. The maximum absolute atomic E-state index is 11.6. The number of nitrogens with one attached hydrogen (secondary N) is 1. The van der Waals surface area contributed by atoms with E-state index in [1.165, 1.54) is 6.07 Å². The first-order valence-electron chi connectivity index (χ1n) is 6.90. The van der Waals surface area contributed by atoms with Crippen molar-refractivity contribution in [1.29, 1.82) is 0 Å². The molecular weight excluding hydrogens is 258 g/mol. The predicted molar refractivity (Wildman–Crippen MR) is 75.1 cm³/mol. The molecule has 0 radical (unpaired) electrons. The molecular formula is C14H19N3O3. The lowest BCUT2D eigenvalue weighted by atomic mass is 10.1. The third kappa shape index (κ3) is 3.14. The minimum atomic E-state index is -0.399. The number of unbranched alkanes of at least 4 members (excludes halogenated alkanes) is 2. The van der Waals surface area contributed by atoms with Crippen LogP contribution in [0.15, 0.2) is 24.3 Å². The van der Waals surface area contributed by atoms with Gasteiger partial charge in [-0.25, -0.2) is 0 Å². The Bertz CT molecular complexity index is 504. The van der Waals surface area contributed by atoms with Crippen molar-refractivity contribution in [3.63, 3.8) is 0 Å². The highest BCUT2D eigenvalue weighted by Crippen LogP contribution is 2.29. The normalized spacial score (nSPS) is 19.1. The zero-order chi connectivity index (χ0) is 14.5. The first kappa shape index (κ1) is 14.5. The minimum Gasteiger partial charge on any atom is -0.335 e. The summed E-state index contributed by atoms with van der Waals surface area (Å²) in [7, 11) is 0. The van der Waals surface area contributed by atoms with Crippen LogP contribution in [0.3, 0.4) is 0 Å². The van der Waals surface area contributed by atoms with Gasteiger partial charge < -0.3 is 5.32 Å². The van der Waals surface area contributed by atoms with Crippen LogP contribution < -0.4 is 5.32 Å². The average Bonchev–Trinajstić information content (AvgIpc) is 2.80. The molecule has 0 spiro atoms. The van der Waals surface area contributed by atoms with Crippen molar-refractivity contribution in [3.05, 3.63) is 39.9 Å². The average molecular weight is 277 g/mol. The van der Waals surface area contributed by atoms with Crippen LogP contribution in [0.5, 0.6) is 0 Å². The van der Waals surface area contributed by atoms with Crippen LogP contribution in [-0.2, 0) is 4.79 Å². The van der Waals surface area contributed by atoms with Crippen molar-refractivity contribution in [2.24, 2.45) is 0 Å². The number of benzene rings is 1. The van der Waals surface area contributed by atoms with Gasteiger partial charge in [0.05, 0.1) is 17.0 Å². The Labute approximate surface area is 117 Å². The molecule has 1 aliphatic heterocycles. The van der Waals surface area contributed by atoms with Crippen molar-refractivity contribution in [3.8, 4) is 0 Å². The van der Waals surface area contributed by atoms with Gasteiger partial charge in [-0.1, -0.05) is 31.9 Å². The van der Waals surface area contributed by atoms with E-state index in [1.54, 1.807) is 18.2 Å². The fraction of sp³-hybridized carbons (Fsp3) is 0.500. The fourth-order valence-corrected chi connectivity index (χ4v) is 2.50. The van der Waals surface area contributed by atoms with Crippen molar-refractivity contribution >= 4 is 11.6 Å². The molecule has 6 heteroatoms. The van der Waals surface area contributed by atoms with Crippen LogP contribution in [0.2, 0.25) is 0 Å². The summed E-state index contributed by atoms with van der Waals surface area (Å²) >= 11 is 0. The van der Waals surface area contributed by atoms with Gasteiger partial charge in [0.25, 0.3) is 5.69 Å². The molecule has 1 amide bonds. The molecule has 0 bridgehead atoms. The molecule has 0 saturated carbocycles. The lowest BCUT2D eigenvalue weighted by molar-refractivity contribution is -0.386. The maximum atomic E-state index is 11.6. The van der Waals surface area contributed by atoms with Crippen LogP contribution in [-0.4, -0.2) is 28.8 Å². The Morgan fingerprint density at radius 2 is 2.15 bits per heavy atom. The van der Waals surface area contributed by atoms with Crippen molar-refractivity contribution in [2.75, 3.05) is 13.1 Å². The molecule has 108 valence electrons. The molecule has 0 aliphatic carbocycles. The van der Waals surface area contributed by atoms with Crippen LogP contribution in [0.25, 0.3) is 0 Å². The van der Waals surface area contributed by atoms with Gasteiger partial charge in [0, 0.05) is 12.6 Å². The van der Waals surface area contributed by atoms with E-state index in [4.69, 9.17) is 0 Å². The molecule has 20 heavy (non-hydrogen) atoms. The zero-order valence-corrected chi connectivity index (χ0v) is 11.5. The van der Waals surface area contributed by atoms with Crippen LogP contribution in [0.1, 0.15) is 37.9 Å². The van der Waals surface area contributed by atoms with Crippen LogP contribution in [0, 0.1) is 10.1 Å². The van der Waals surface area contributed by atoms with Gasteiger partial charge in [0.2, 0.25) is 5.91 Å². The number of hydrogen-bond donors (Lipinski definition) is 1. The van der Waals surface area contributed by atoms with Crippen molar-refractivity contribution in [1.82, 2.24) is 10.2 Å². The molecule has 1 aromatic rings. The fourth-order valence-electron chi connectivity index (χ4n) is 2.50. The van der Waals surface area contributed by atoms with E-state index in [9.17, 15) is 14.9 Å². The number of amides is 1. The van der Waals surface area contributed by atoms with Crippen molar-refractivity contribution < 1.29 is 9.72 Å². The van der Waals surface area contributed by atoms with Crippen LogP contribution in [0.4, 0.5) is 5.69 Å². The SMILES string of the molecule is CCCCCN1CC(=O)N[C@@H]1c1ccccc1[N+](=O)[O-]. The smallest absolute Gasteiger partial charge is 0.276 e. The number of rotatable bonds is 6. The van der Waals surface area contributed by atoms with Crippen LogP contribution >= 0.6 is 0 Å². The number of nitrogens with zero attached hydrogens (tertiary/aromatic N) is 2. The molecule has 1 saturated heterocycles. The number of carbonyl (C=O) groups excluding carboxylic acids is 1. The summed E-state index contributed by atoms with van der Waals surface area (Å²) in [6.07, 6.45) is 2.79. The number of carbonyl (C=O) groups is 1. The van der Waals surface area contributed by atoms with Gasteiger partial charge in [-0.3, -0.25) is 19.8 Å². The van der Waals surface area contributed by atoms with Gasteiger partial charge >= 0.3 is 0 Å². The van der Waals surface area contributed by atoms with E-state index in [0.717, 1.165) is 25.8 Å². The summed E-state index contributed by atoms with van der Waals surface area (Å²) in [6.45, 7) is 3.19. The maximum Gasteiger partial charge on any atom is 0.276 e. The molecule has 0 aromatic heterocycles. The number of para-hydroxylation sites is 1. The molecule has 1 fully saturated rings. The summed E-state index contributed by atoms with van der Waals surface area (Å²) in [5, 5.41) is 13.9. The number of nitro benzene ring substituents is 1. The Morgan fingerprint density at radius 1 is 1.40 bits per heavy atom. The summed E-state index contributed by atoms with van der Waals surface area (Å²) in [5.74, 6) is -0.0790. The molecule has 0 unspecified atom stereocenters. The predicted octanol–water partition coefficient (Wildman–Crippen LogP) is 2.22. The van der Waals surface area contributed by atoms with Gasteiger partial charge in [-0.05, 0) is 12.5 Å². The topological polar surface area (TPSA) is 75.5 Å². The summed E-state index contributed by atoms with van der Waals surface area (Å²) in [6, 6.07) is 6.59. The summed E-state index contributed by atoms with van der Waals surface area (Å²) in [4.78, 5) is 24.3. The van der Waals surface area contributed by atoms with Gasteiger partial charge in [0.1, 0.15) is 6.17 Å². The quantitative estimate of drug-likeness (QED) is 0.491. The Kier molecular flexibility index (Phi) is 4.68. The number of nitro groups is 1. The second kappa shape index (κ2) is 6.47. The van der Waals surface area contributed by atoms with E-state index in [-0.39, 0.29) is 17.8 Å². The standard InChI is InChI=1S/C14H19N3O3/c1-2-3-6-9-16-10-13(18)15-14(16)11-7-4-5-8-12(11)17(19)20/h4-5,7-8,14H,2-3,6,9-10H2,1H3,(H,15,18)/t14-/m0/s1. The highest BCUT2D eigenvalue weighted by molar-refractivity contribution is 5.81. The zero-order valence-electron chi connectivity index (χ0n) is 11.5. The van der Waals surface area contributed by atoms with E-state index in [2.05, 4.69) is 12.2 Å². The third-order valence-corrected chi connectivity index (χ3v) is 3.49. The molecule has 1 atom stereocenters. The second-order valence-electron chi connectivity index (χ2n) is 4.96. The van der Waals surface area contributed by atoms with E-state index in [0.29, 0.717) is 12.1 Å². The monoisotopic (exact) mass is 277 g/mol. The first-order chi connectivity index (χ1) is 9.63. The highest BCUT2D eigenvalue weighted by atomic mass is 16.6. The molecule has 2 rings (SSSR count). The second-order valence-corrected chi connectivity index (χ2v) is 4.96. The minimum absolute atomic E-state index is 0.0557. The van der Waals surface area contributed by atoms with E-state index in [1.807, 2.05) is 4.90 Å². The number of hydrogen-bond acceptors (Lipinski definition) is 4. The highest BCUT2D eigenvalue weighted by Gasteiger charge is 2.34.